The largest absolute Gasteiger partial charge is 0.255 e. The highest BCUT2D eigenvalue weighted by atomic mass is 35.5. The Balaban J connectivity index is 2.38. The zero-order valence-corrected chi connectivity index (χ0v) is 12.6. The van der Waals surface area contributed by atoms with Gasteiger partial charge in [-0.05, 0) is 11.0 Å². The van der Waals surface area contributed by atoms with Gasteiger partial charge in [0.25, 0.3) is 5.12 Å². The molecular formula is C13H13Cl3N2. The Morgan fingerprint density at radius 2 is 1.39 bits per heavy atom. The summed E-state index contributed by atoms with van der Waals surface area (Å²) in [7, 11) is 0. The van der Waals surface area contributed by atoms with Crippen molar-refractivity contribution in [2.45, 2.75) is 31.3 Å². The van der Waals surface area contributed by atoms with Gasteiger partial charge in [-0.15, -0.1) is 0 Å². The molecule has 0 fully saturated rings. The summed E-state index contributed by atoms with van der Waals surface area (Å²) in [6.45, 7) is 6.45. The SMILES string of the molecule is CC(C)(C)c1ccc(C2(Cl)N=C(Cl)C(Cl)=N2)cc1. The minimum absolute atomic E-state index is 0.0928. The zero-order valence-electron chi connectivity index (χ0n) is 10.3. The highest BCUT2D eigenvalue weighted by Crippen LogP contribution is 2.38. The number of nitrogens with zero attached hydrogens (tertiary/aromatic N) is 2. The van der Waals surface area contributed by atoms with Crippen LogP contribution in [0, 0.1) is 0 Å². The molecule has 0 spiro atoms. The van der Waals surface area contributed by atoms with Crippen molar-refractivity contribution in [3.8, 4) is 0 Å². The predicted molar refractivity (Wildman–Crippen MR) is 79.2 cm³/mol. The Kier molecular flexibility index (Phi) is 3.48. The van der Waals surface area contributed by atoms with Crippen LogP contribution in [0.3, 0.4) is 0 Å². The normalized spacial score (nSPS) is 18.6. The Hall–Kier alpha value is -0.570. The molecule has 18 heavy (non-hydrogen) atoms. The summed E-state index contributed by atoms with van der Waals surface area (Å²) < 4.78 is 0. The van der Waals surface area contributed by atoms with Crippen molar-refractivity contribution in [2.75, 3.05) is 0 Å². The summed E-state index contributed by atoms with van der Waals surface area (Å²) in [5.74, 6) is 0. The topological polar surface area (TPSA) is 24.7 Å². The molecule has 0 aromatic heterocycles. The molecule has 1 aliphatic rings. The molecule has 2 nitrogen and oxygen atoms in total. The number of alkyl halides is 1. The summed E-state index contributed by atoms with van der Waals surface area (Å²) in [6.07, 6.45) is 0. The van der Waals surface area contributed by atoms with Crippen molar-refractivity contribution in [2.24, 2.45) is 9.98 Å². The van der Waals surface area contributed by atoms with Crippen molar-refractivity contribution in [1.29, 1.82) is 0 Å². The maximum Gasteiger partial charge on any atom is 0.255 e. The first-order chi connectivity index (χ1) is 8.22. The van der Waals surface area contributed by atoms with Crippen molar-refractivity contribution >= 4 is 45.1 Å². The van der Waals surface area contributed by atoms with Crippen LogP contribution >= 0.6 is 34.8 Å². The number of hydrogen-bond donors (Lipinski definition) is 0. The van der Waals surface area contributed by atoms with Crippen LogP contribution in [0.4, 0.5) is 0 Å². The van der Waals surface area contributed by atoms with Crippen LogP contribution in [0.25, 0.3) is 0 Å². The van der Waals surface area contributed by atoms with Crippen LogP contribution in [0.5, 0.6) is 0 Å². The lowest BCUT2D eigenvalue weighted by Crippen LogP contribution is -2.13. The van der Waals surface area contributed by atoms with Gasteiger partial charge in [0, 0.05) is 5.56 Å². The Morgan fingerprint density at radius 1 is 0.944 bits per heavy atom. The van der Waals surface area contributed by atoms with E-state index >= 15 is 0 Å². The molecule has 1 heterocycles. The summed E-state index contributed by atoms with van der Waals surface area (Å²) in [5, 5.41) is -0.928. The number of benzene rings is 1. The van der Waals surface area contributed by atoms with Crippen LogP contribution in [0.15, 0.2) is 34.3 Å². The Morgan fingerprint density at radius 3 is 1.78 bits per heavy atom. The molecule has 0 atom stereocenters. The van der Waals surface area contributed by atoms with Gasteiger partial charge in [-0.25, -0.2) is 9.98 Å². The van der Waals surface area contributed by atoms with Gasteiger partial charge in [-0.2, -0.15) is 0 Å². The summed E-state index contributed by atoms with van der Waals surface area (Å²) >= 11 is 17.9. The molecule has 0 amide bonds. The van der Waals surface area contributed by atoms with E-state index in [1.165, 1.54) is 5.56 Å². The van der Waals surface area contributed by atoms with Crippen LogP contribution < -0.4 is 0 Å². The summed E-state index contributed by atoms with van der Waals surface area (Å²) in [4.78, 5) is 8.15. The quantitative estimate of drug-likeness (QED) is 0.534. The highest BCUT2D eigenvalue weighted by Gasteiger charge is 2.35. The fraction of sp³-hybridized carbons (Fsp3) is 0.385. The molecule has 1 aromatic carbocycles. The third kappa shape index (κ3) is 2.56. The van der Waals surface area contributed by atoms with E-state index in [2.05, 4.69) is 30.8 Å². The van der Waals surface area contributed by atoms with Crippen LogP contribution in [-0.4, -0.2) is 10.3 Å². The molecule has 96 valence electrons. The molecule has 0 bridgehead atoms. The van der Waals surface area contributed by atoms with E-state index in [1.54, 1.807) is 0 Å². The molecule has 0 unspecified atom stereocenters. The monoisotopic (exact) mass is 302 g/mol. The number of rotatable bonds is 1. The second kappa shape index (κ2) is 4.52. The smallest absolute Gasteiger partial charge is 0.220 e. The first-order valence-electron chi connectivity index (χ1n) is 5.53. The van der Waals surface area contributed by atoms with E-state index in [9.17, 15) is 0 Å². The lowest BCUT2D eigenvalue weighted by atomic mass is 9.86. The molecule has 0 saturated carbocycles. The van der Waals surface area contributed by atoms with Crippen LogP contribution in [0.2, 0.25) is 0 Å². The first-order valence-corrected chi connectivity index (χ1v) is 6.67. The number of aliphatic imine (C=N–C) groups is 2. The third-order valence-corrected chi connectivity index (χ3v) is 3.79. The lowest BCUT2D eigenvalue weighted by molar-refractivity contribution is 0.589. The Bertz CT molecular complexity index is 506. The minimum Gasteiger partial charge on any atom is -0.220 e. The fourth-order valence-electron chi connectivity index (χ4n) is 1.69. The molecule has 0 N–H and O–H groups in total. The van der Waals surface area contributed by atoms with Gasteiger partial charge in [-0.3, -0.25) is 0 Å². The lowest BCUT2D eigenvalue weighted by Gasteiger charge is -2.21. The first kappa shape index (κ1) is 13.9. The maximum absolute atomic E-state index is 6.31. The van der Waals surface area contributed by atoms with Gasteiger partial charge < -0.3 is 0 Å². The van der Waals surface area contributed by atoms with Gasteiger partial charge in [0.2, 0.25) is 0 Å². The minimum atomic E-state index is -1.22. The second-order valence-corrected chi connectivity index (χ2v) is 6.46. The van der Waals surface area contributed by atoms with Gasteiger partial charge in [0.1, 0.15) is 0 Å². The van der Waals surface area contributed by atoms with E-state index in [0.717, 1.165) is 5.56 Å². The zero-order chi connectivity index (χ0) is 13.6. The average molecular weight is 304 g/mol. The van der Waals surface area contributed by atoms with E-state index in [1.807, 2.05) is 24.3 Å². The molecule has 2 rings (SSSR count). The summed E-state index contributed by atoms with van der Waals surface area (Å²) in [6, 6.07) is 7.84. The molecule has 0 radical (unpaired) electrons. The molecule has 0 aliphatic carbocycles. The van der Waals surface area contributed by atoms with Gasteiger partial charge in [0.05, 0.1) is 0 Å². The molecular weight excluding hydrogens is 291 g/mol. The van der Waals surface area contributed by atoms with Gasteiger partial charge in [0.15, 0.2) is 10.3 Å². The van der Waals surface area contributed by atoms with Gasteiger partial charge in [-0.1, -0.05) is 79.8 Å². The molecule has 1 aromatic rings. The average Bonchev–Trinajstić information content (AvgIpc) is 2.53. The number of halogens is 3. The fourth-order valence-corrected chi connectivity index (χ4v) is 2.40. The molecule has 0 saturated heterocycles. The van der Waals surface area contributed by atoms with E-state index in [4.69, 9.17) is 34.8 Å². The van der Waals surface area contributed by atoms with Crippen LogP contribution in [-0.2, 0) is 10.5 Å². The maximum atomic E-state index is 6.31. The standard InChI is InChI=1S/C13H13Cl3N2/c1-12(2,3)8-4-6-9(7-5-8)13(16)17-10(14)11(15)18-13/h4-7H,1-3H3. The van der Waals surface area contributed by atoms with Crippen LogP contribution in [0.1, 0.15) is 31.9 Å². The summed E-state index contributed by atoms with van der Waals surface area (Å²) in [5.41, 5.74) is 2.07. The highest BCUT2D eigenvalue weighted by molar-refractivity contribution is 7.01. The van der Waals surface area contributed by atoms with Crippen molar-refractivity contribution in [3.05, 3.63) is 35.4 Å². The van der Waals surface area contributed by atoms with Crippen molar-refractivity contribution in [1.82, 2.24) is 0 Å². The molecule has 1 aliphatic heterocycles. The third-order valence-electron chi connectivity index (χ3n) is 2.78. The van der Waals surface area contributed by atoms with Crippen molar-refractivity contribution < 1.29 is 0 Å². The molecule has 5 heteroatoms. The Labute approximate surface area is 122 Å². The van der Waals surface area contributed by atoms with E-state index < -0.39 is 5.12 Å². The predicted octanol–water partition coefficient (Wildman–Crippen LogP) is 4.62. The number of hydrogen-bond acceptors (Lipinski definition) is 2. The van der Waals surface area contributed by atoms with E-state index in [-0.39, 0.29) is 15.8 Å². The van der Waals surface area contributed by atoms with E-state index in [0.29, 0.717) is 0 Å². The second-order valence-electron chi connectivity index (χ2n) is 5.22. The van der Waals surface area contributed by atoms with Gasteiger partial charge >= 0.3 is 0 Å². The van der Waals surface area contributed by atoms with Crippen molar-refractivity contribution in [3.63, 3.8) is 0 Å².